The number of aliphatic hydroxyl groups is 3. The van der Waals surface area contributed by atoms with Crippen molar-refractivity contribution in [2.75, 3.05) is 44.3 Å². The van der Waals surface area contributed by atoms with Gasteiger partial charge in [0.2, 0.25) is 11.8 Å². The van der Waals surface area contributed by atoms with Crippen molar-refractivity contribution in [3.8, 4) is 0 Å². The number of amides is 2. The standard InChI is InChI=1S/C27H47N8O18P3S/c1-27(2,22(40)25(41)31-7-5-17(37)30-8-9-57-18(38)10-15(36)4-3-6-28)12-50-56(47,48)53-55(45,46)49-11-16-21(52-54(42,43)44)20(39)26(51-16)35-14-34-19-23(29)32-13-33-24(19)35/h13-16,20-22,26,36,39-40H,3-12,28H2,1-2H3,(H,30,37)(H,31,41)(H,45,46)(H,47,48)(H2,29,32,33)(H2,42,43,44)/t15?,16-,20-,21-,22+,26-/m1/s1. The molecule has 30 heteroatoms. The second-order valence-electron chi connectivity index (χ2n) is 13.1. The molecule has 2 aromatic rings. The van der Waals surface area contributed by atoms with Gasteiger partial charge in [-0.2, -0.15) is 4.31 Å². The maximum atomic E-state index is 12.7. The maximum absolute atomic E-state index is 12.7. The van der Waals surface area contributed by atoms with Gasteiger partial charge in [0.25, 0.3) is 0 Å². The fourth-order valence-electron chi connectivity index (χ4n) is 5.00. The van der Waals surface area contributed by atoms with E-state index in [2.05, 4.69) is 34.4 Å². The number of phosphoric acid groups is 3. The van der Waals surface area contributed by atoms with Crippen LogP contribution < -0.4 is 22.1 Å². The first-order chi connectivity index (χ1) is 26.4. The zero-order valence-electron chi connectivity index (χ0n) is 30.5. The van der Waals surface area contributed by atoms with Crippen molar-refractivity contribution >= 4 is 69.1 Å². The number of ether oxygens (including phenoxy) is 1. The van der Waals surface area contributed by atoms with Crippen molar-refractivity contribution in [1.29, 1.82) is 0 Å². The molecule has 3 unspecified atom stereocenters. The molecule has 1 aliphatic heterocycles. The number of carbonyl (C=O) groups excluding carboxylic acids is 3. The summed E-state index contributed by atoms with van der Waals surface area (Å²) in [4.78, 5) is 87.4. The summed E-state index contributed by atoms with van der Waals surface area (Å²) in [5.41, 5.74) is 9.60. The Morgan fingerprint density at radius 1 is 1.05 bits per heavy atom. The zero-order valence-corrected chi connectivity index (χ0v) is 34.0. The number of carbonyl (C=O) groups is 3. The van der Waals surface area contributed by atoms with Crippen molar-refractivity contribution < 1.29 is 85.6 Å². The molecule has 324 valence electrons. The highest BCUT2D eigenvalue weighted by atomic mass is 32.2. The van der Waals surface area contributed by atoms with Gasteiger partial charge in [-0.3, -0.25) is 32.5 Å². The Kier molecular flexibility index (Phi) is 18.1. The van der Waals surface area contributed by atoms with E-state index in [0.29, 0.717) is 19.4 Å². The third-order valence-corrected chi connectivity index (χ3v) is 11.9. The van der Waals surface area contributed by atoms with Crippen LogP contribution >= 0.6 is 35.2 Å². The van der Waals surface area contributed by atoms with Crippen LogP contribution in [0.3, 0.4) is 0 Å². The molecule has 1 fully saturated rings. The Morgan fingerprint density at radius 3 is 2.40 bits per heavy atom. The van der Waals surface area contributed by atoms with E-state index in [4.69, 9.17) is 25.3 Å². The summed E-state index contributed by atoms with van der Waals surface area (Å²) in [7, 11) is -16.4. The number of rotatable bonds is 24. The summed E-state index contributed by atoms with van der Waals surface area (Å²) in [6, 6.07) is 0. The number of imidazole rings is 1. The first-order valence-corrected chi connectivity index (χ1v) is 22.4. The minimum Gasteiger partial charge on any atom is -0.393 e. The number of hydrogen-bond donors (Lipinski definition) is 11. The van der Waals surface area contributed by atoms with Gasteiger partial charge in [-0.25, -0.2) is 28.6 Å². The van der Waals surface area contributed by atoms with Gasteiger partial charge in [-0.15, -0.1) is 0 Å². The van der Waals surface area contributed by atoms with Crippen LogP contribution in [-0.2, 0) is 50.7 Å². The SMILES string of the molecule is CC(C)(COP(=O)(O)OP(=O)(O)OC[C@H]1O[C@@H](n2cnc3c(N)ncnc32)[C@H](O)[C@@H]1OP(=O)(O)O)[C@@H](O)C(=O)NCCC(=O)NCCSC(=O)CC(O)CCCN. The maximum Gasteiger partial charge on any atom is 0.481 e. The summed E-state index contributed by atoms with van der Waals surface area (Å²) in [6.07, 6.45) is -6.86. The average Bonchev–Trinajstić information content (AvgIpc) is 3.67. The number of nitrogens with zero attached hydrogens (tertiary/aromatic N) is 4. The molecular formula is C27H47N8O18P3S. The molecule has 26 nitrogen and oxygen atoms in total. The number of nitrogens with two attached hydrogens (primary N) is 2. The van der Waals surface area contributed by atoms with Crippen molar-refractivity contribution in [1.82, 2.24) is 30.2 Å². The second kappa shape index (κ2) is 21.1. The number of phosphoric ester groups is 3. The number of fused-ring (bicyclic) bond motifs is 1. The number of anilines is 1. The van der Waals surface area contributed by atoms with Gasteiger partial charge in [-0.1, -0.05) is 25.6 Å². The normalized spacial score (nSPS) is 22.1. The van der Waals surface area contributed by atoms with E-state index in [0.717, 1.165) is 29.0 Å². The number of thioether (sulfide) groups is 1. The largest absolute Gasteiger partial charge is 0.481 e. The van der Waals surface area contributed by atoms with Crippen LogP contribution in [0.15, 0.2) is 12.7 Å². The van der Waals surface area contributed by atoms with E-state index in [1.807, 2.05) is 0 Å². The average molecular weight is 897 g/mol. The monoisotopic (exact) mass is 896 g/mol. The van der Waals surface area contributed by atoms with Gasteiger partial charge >= 0.3 is 23.5 Å². The molecule has 3 rings (SSSR count). The molecule has 3 heterocycles. The fourth-order valence-corrected chi connectivity index (χ4v) is 8.57. The van der Waals surface area contributed by atoms with E-state index in [-0.39, 0.29) is 53.8 Å². The fraction of sp³-hybridized carbons (Fsp3) is 0.704. The summed E-state index contributed by atoms with van der Waals surface area (Å²) >= 11 is 0.941. The predicted molar refractivity (Wildman–Crippen MR) is 196 cm³/mol. The van der Waals surface area contributed by atoms with Crippen LogP contribution in [0.5, 0.6) is 0 Å². The van der Waals surface area contributed by atoms with Crippen molar-refractivity contribution in [3.63, 3.8) is 0 Å². The molecule has 0 spiro atoms. The molecule has 1 aliphatic rings. The summed E-state index contributed by atoms with van der Waals surface area (Å²) in [5, 5.41) is 35.8. The lowest BCUT2D eigenvalue weighted by Gasteiger charge is -2.30. The Bertz CT molecular complexity index is 1840. The van der Waals surface area contributed by atoms with Crippen molar-refractivity contribution in [3.05, 3.63) is 12.7 Å². The highest BCUT2D eigenvalue weighted by Crippen LogP contribution is 2.61. The smallest absolute Gasteiger partial charge is 0.393 e. The summed E-state index contributed by atoms with van der Waals surface area (Å²) in [6.45, 7) is 0.729. The van der Waals surface area contributed by atoms with Crippen LogP contribution in [0.1, 0.15) is 45.8 Å². The quantitative estimate of drug-likeness (QED) is 0.0407. The van der Waals surface area contributed by atoms with Gasteiger partial charge in [0, 0.05) is 37.1 Å². The van der Waals surface area contributed by atoms with Crippen LogP contribution in [0, 0.1) is 5.41 Å². The Labute approximate surface area is 328 Å². The van der Waals surface area contributed by atoms with Gasteiger partial charge in [0.15, 0.2) is 22.8 Å². The van der Waals surface area contributed by atoms with E-state index in [1.54, 1.807) is 0 Å². The molecule has 0 aliphatic carbocycles. The van der Waals surface area contributed by atoms with E-state index in [9.17, 15) is 63.0 Å². The molecule has 13 N–H and O–H groups in total. The highest BCUT2D eigenvalue weighted by Gasteiger charge is 2.50. The first-order valence-electron chi connectivity index (χ1n) is 16.9. The van der Waals surface area contributed by atoms with E-state index in [1.165, 1.54) is 13.8 Å². The molecule has 0 bridgehead atoms. The lowest BCUT2D eigenvalue weighted by atomic mass is 9.87. The lowest BCUT2D eigenvalue weighted by Crippen LogP contribution is -2.46. The number of hydrogen-bond acceptors (Lipinski definition) is 20. The van der Waals surface area contributed by atoms with E-state index < -0.39 is 90.7 Å². The number of aromatic nitrogens is 4. The number of aliphatic hydroxyl groups excluding tert-OH is 3. The number of nitrogen functional groups attached to an aromatic ring is 1. The van der Waals surface area contributed by atoms with Crippen LogP contribution in [0.4, 0.5) is 5.82 Å². The minimum atomic E-state index is -5.58. The molecule has 0 saturated carbocycles. The second-order valence-corrected chi connectivity index (χ2v) is 18.5. The zero-order chi connectivity index (χ0) is 42.8. The lowest BCUT2D eigenvalue weighted by molar-refractivity contribution is -0.137. The highest BCUT2D eigenvalue weighted by molar-refractivity contribution is 8.13. The topological polar surface area (TPSA) is 410 Å². The Morgan fingerprint density at radius 2 is 1.74 bits per heavy atom. The van der Waals surface area contributed by atoms with Crippen LogP contribution in [0.2, 0.25) is 0 Å². The van der Waals surface area contributed by atoms with Gasteiger partial charge in [0.05, 0.1) is 25.6 Å². The molecule has 2 amide bonds. The van der Waals surface area contributed by atoms with Gasteiger partial charge < -0.3 is 61.7 Å². The van der Waals surface area contributed by atoms with Crippen LogP contribution in [-0.4, -0.2) is 140 Å². The Balaban J connectivity index is 1.46. The van der Waals surface area contributed by atoms with Crippen molar-refractivity contribution in [2.24, 2.45) is 11.1 Å². The third kappa shape index (κ3) is 15.5. The summed E-state index contributed by atoms with van der Waals surface area (Å²) in [5.74, 6) is -1.28. The molecule has 1 saturated heterocycles. The third-order valence-electron chi connectivity index (χ3n) is 7.91. The molecule has 0 aromatic carbocycles. The molecule has 2 aromatic heterocycles. The molecular weight excluding hydrogens is 849 g/mol. The molecule has 57 heavy (non-hydrogen) atoms. The van der Waals surface area contributed by atoms with Crippen LogP contribution in [0.25, 0.3) is 11.2 Å². The molecule has 8 atom stereocenters. The minimum absolute atomic E-state index is 0.0244. The van der Waals surface area contributed by atoms with Gasteiger partial charge in [-0.05, 0) is 19.4 Å². The number of nitrogens with one attached hydrogen (secondary N) is 2. The van der Waals surface area contributed by atoms with E-state index >= 15 is 0 Å². The van der Waals surface area contributed by atoms with Crippen molar-refractivity contribution in [2.45, 2.75) is 76.3 Å². The molecule has 0 radical (unpaired) electrons. The Hall–Kier alpha value is -2.52. The summed E-state index contributed by atoms with van der Waals surface area (Å²) < 4.78 is 62.0. The first kappa shape index (κ1) is 48.8. The van der Waals surface area contributed by atoms with Gasteiger partial charge in [0.1, 0.15) is 36.3 Å². The predicted octanol–water partition coefficient (Wildman–Crippen LogP) is -1.85.